The number of aryl methyl sites for hydroxylation is 1. The number of aromatic nitrogens is 1. The van der Waals surface area contributed by atoms with E-state index in [1.807, 2.05) is 0 Å². The third kappa shape index (κ3) is 3.25. The molecule has 1 N–H and O–H groups in total. The molecule has 0 saturated carbocycles. The second-order valence-corrected chi connectivity index (χ2v) is 7.58. The molecule has 0 unspecified atom stereocenters. The normalized spacial score (nSPS) is 12.2. The smallest absolute Gasteiger partial charge is 0.0497 e. The van der Waals surface area contributed by atoms with Crippen LogP contribution in [0, 0.1) is 6.92 Å². The van der Waals surface area contributed by atoms with E-state index in [0.29, 0.717) is 0 Å². The first kappa shape index (κ1) is 17.5. The van der Waals surface area contributed by atoms with Crippen LogP contribution >= 0.6 is 0 Å². The second kappa shape index (κ2) is 7.44. The quantitative estimate of drug-likeness (QED) is 0.339. The molecule has 1 heteroatoms. The molecule has 0 spiro atoms. The predicted molar refractivity (Wildman–Crippen MR) is 122 cm³/mol. The fraction of sp³-hybridized carbons (Fsp3) is 0.0714. The maximum absolute atomic E-state index is 3.77. The summed E-state index contributed by atoms with van der Waals surface area (Å²) in [7, 11) is 0. The van der Waals surface area contributed by atoms with Crippen molar-refractivity contribution in [3.05, 3.63) is 132 Å². The van der Waals surface area contributed by atoms with Crippen molar-refractivity contribution in [2.45, 2.75) is 12.8 Å². The van der Waals surface area contributed by atoms with E-state index in [-0.39, 0.29) is 5.92 Å². The van der Waals surface area contributed by atoms with E-state index in [2.05, 4.69) is 121 Å². The third-order valence-electron chi connectivity index (χ3n) is 5.63. The van der Waals surface area contributed by atoms with Crippen LogP contribution in [-0.2, 0) is 0 Å². The Balaban J connectivity index is 1.82. The van der Waals surface area contributed by atoms with Gasteiger partial charge in [-0.3, -0.25) is 0 Å². The van der Waals surface area contributed by atoms with E-state index >= 15 is 0 Å². The number of hydrogen-bond acceptors (Lipinski definition) is 0. The van der Waals surface area contributed by atoms with Crippen LogP contribution in [0.2, 0.25) is 0 Å². The highest BCUT2D eigenvalue weighted by atomic mass is 14.7. The number of nitrogens with one attached hydrogen (secondary N) is 1. The van der Waals surface area contributed by atoms with Gasteiger partial charge in [0.2, 0.25) is 0 Å². The van der Waals surface area contributed by atoms with Crippen LogP contribution in [0.3, 0.4) is 0 Å². The summed E-state index contributed by atoms with van der Waals surface area (Å²) in [6, 6.07) is 39.0. The standard InChI is InChI=1S/C28H23N/c1-20-16-18-23(19-17-20)26(21-10-4-2-5-11-21)28-27(22-12-6-3-7-13-22)24-14-8-9-15-25(24)29-28/h2-19,26,29H,1H3/t26-/m0/s1. The molecule has 1 heterocycles. The SMILES string of the molecule is Cc1ccc([C@H](c2ccccc2)c2[nH]c3ccccc3c2-c2ccccc2)cc1. The van der Waals surface area contributed by atoms with Crippen LogP contribution in [0.15, 0.2) is 109 Å². The van der Waals surface area contributed by atoms with Crippen LogP contribution in [-0.4, -0.2) is 4.98 Å². The Labute approximate surface area is 171 Å². The summed E-state index contributed by atoms with van der Waals surface area (Å²) in [4.78, 5) is 3.77. The second-order valence-electron chi connectivity index (χ2n) is 7.58. The molecule has 0 aliphatic carbocycles. The van der Waals surface area contributed by atoms with Gasteiger partial charge in [-0.1, -0.05) is 109 Å². The van der Waals surface area contributed by atoms with Crippen molar-refractivity contribution >= 4 is 10.9 Å². The molecule has 0 radical (unpaired) electrons. The van der Waals surface area contributed by atoms with Gasteiger partial charge in [-0.25, -0.2) is 0 Å². The van der Waals surface area contributed by atoms with Crippen LogP contribution < -0.4 is 0 Å². The molecular formula is C28H23N. The van der Waals surface area contributed by atoms with Crippen molar-refractivity contribution in [3.8, 4) is 11.1 Å². The van der Waals surface area contributed by atoms with Crippen LogP contribution in [0.1, 0.15) is 28.3 Å². The Bertz CT molecular complexity index is 1230. The number of hydrogen-bond donors (Lipinski definition) is 1. The summed E-state index contributed by atoms with van der Waals surface area (Å²) >= 11 is 0. The summed E-state index contributed by atoms with van der Waals surface area (Å²) in [5.41, 5.74) is 8.82. The Kier molecular flexibility index (Phi) is 4.50. The highest BCUT2D eigenvalue weighted by Crippen LogP contribution is 2.41. The van der Waals surface area contributed by atoms with Crippen LogP contribution in [0.4, 0.5) is 0 Å². The molecule has 0 aliphatic heterocycles. The highest BCUT2D eigenvalue weighted by molar-refractivity contribution is 5.98. The summed E-state index contributed by atoms with van der Waals surface area (Å²) in [5.74, 6) is 0.138. The lowest BCUT2D eigenvalue weighted by atomic mass is 9.85. The lowest BCUT2D eigenvalue weighted by Gasteiger charge is -2.20. The van der Waals surface area contributed by atoms with Crippen molar-refractivity contribution in [1.82, 2.24) is 4.98 Å². The zero-order chi connectivity index (χ0) is 19.6. The fourth-order valence-electron chi connectivity index (χ4n) is 4.23. The number of rotatable bonds is 4. The number of para-hydroxylation sites is 1. The van der Waals surface area contributed by atoms with Gasteiger partial charge in [-0.2, -0.15) is 0 Å². The lowest BCUT2D eigenvalue weighted by molar-refractivity contribution is 0.940. The molecule has 0 bridgehead atoms. The Morgan fingerprint density at radius 2 is 1.17 bits per heavy atom. The Morgan fingerprint density at radius 1 is 0.586 bits per heavy atom. The molecular weight excluding hydrogens is 350 g/mol. The van der Waals surface area contributed by atoms with Crippen molar-refractivity contribution in [2.75, 3.05) is 0 Å². The van der Waals surface area contributed by atoms with Gasteiger partial charge in [-0.15, -0.1) is 0 Å². The monoisotopic (exact) mass is 373 g/mol. The number of fused-ring (bicyclic) bond motifs is 1. The van der Waals surface area contributed by atoms with Gasteiger partial charge in [0.15, 0.2) is 0 Å². The molecule has 1 atom stereocenters. The Hall–Kier alpha value is -3.58. The van der Waals surface area contributed by atoms with Gasteiger partial charge in [0, 0.05) is 28.1 Å². The maximum atomic E-state index is 3.77. The number of H-pyrrole nitrogens is 1. The zero-order valence-corrected chi connectivity index (χ0v) is 16.5. The molecule has 140 valence electrons. The van der Waals surface area contributed by atoms with Crippen molar-refractivity contribution in [3.63, 3.8) is 0 Å². The minimum Gasteiger partial charge on any atom is -0.357 e. The molecule has 5 rings (SSSR count). The molecule has 0 saturated heterocycles. The average Bonchev–Trinajstić information content (AvgIpc) is 3.15. The summed E-state index contributed by atoms with van der Waals surface area (Å²) in [5, 5.41) is 1.27. The van der Waals surface area contributed by atoms with Crippen LogP contribution in [0.5, 0.6) is 0 Å². The predicted octanol–water partition coefficient (Wildman–Crippen LogP) is 7.32. The van der Waals surface area contributed by atoms with Gasteiger partial charge >= 0.3 is 0 Å². The van der Waals surface area contributed by atoms with E-state index in [0.717, 1.165) is 0 Å². The molecule has 1 aromatic heterocycles. The first-order valence-electron chi connectivity index (χ1n) is 10.1. The minimum absolute atomic E-state index is 0.138. The van der Waals surface area contributed by atoms with Gasteiger partial charge in [0.1, 0.15) is 0 Å². The molecule has 0 aliphatic rings. The summed E-state index contributed by atoms with van der Waals surface area (Å²) < 4.78 is 0. The first-order chi connectivity index (χ1) is 14.3. The zero-order valence-electron chi connectivity index (χ0n) is 16.5. The van der Waals surface area contributed by atoms with Gasteiger partial charge in [-0.05, 0) is 29.7 Å². The van der Waals surface area contributed by atoms with E-state index in [9.17, 15) is 0 Å². The van der Waals surface area contributed by atoms with Crippen LogP contribution in [0.25, 0.3) is 22.0 Å². The van der Waals surface area contributed by atoms with Gasteiger partial charge in [0.05, 0.1) is 0 Å². The molecule has 29 heavy (non-hydrogen) atoms. The van der Waals surface area contributed by atoms with E-state index in [4.69, 9.17) is 0 Å². The minimum atomic E-state index is 0.138. The fourth-order valence-corrected chi connectivity index (χ4v) is 4.23. The first-order valence-corrected chi connectivity index (χ1v) is 10.1. The highest BCUT2D eigenvalue weighted by Gasteiger charge is 2.24. The largest absolute Gasteiger partial charge is 0.357 e. The van der Waals surface area contributed by atoms with Crippen molar-refractivity contribution in [1.29, 1.82) is 0 Å². The van der Waals surface area contributed by atoms with E-state index in [1.165, 1.54) is 44.4 Å². The maximum Gasteiger partial charge on any atom is 0.0497 e. The Morgan fingerprint density at radius 3 is 1.90 bits per heavy atom. The number of aromatic amines is 1. The van der Waals surface area contributed by atoms with Gasteiger partial charge in [0.25, 0.3) is 0 Å². The summed E-state index contributed by atoms with van der Waals surface area (Å²) in [6.45, 7) is 2.14. The van der Waals surface area contributed by atoms with Crippen molar-refractivity contribution < 1.29 is 0 Å². The summed E-state index contributed by atoms with van der Waals surface area (Å²) in [6.07, 6.45) is 0. The van der Waals surface area contributed by atoms with Crippen molar-refractivity contribution in [2.24, 2.45) is 0 Å². The molecule has 4 aromatic carbocycles. The van der Waals surface area contributed by atoms with Gasteiger partial charge < -0.3 is 4.98 Å². The molecule has 0 amide bonds. The molecule has 0 fully saturated rings. The topological polar surface area (TPSA) is 15.8 Å². The molecule has 1 nitrogen and oxygen atoms in total. The van der Waals surface area contributed by atoms with E-state index in [1.54, 1.807) is 0 Å². The molecule has 5 aromatic rings. The number of benzene rings is 4. The lowest BCUT2D eigenvalue weighted by Crippen LogP contribution is -2.05. The van der Waals surface area contributed by atoms with E-state index < -0.39 is 0 Å². The average molecular weight is 373 g/mol. The third-order valence-corrected chi connectivity index (χ3v) is 5.63.